The van der Waals surface area contributed by atoms with Gasteiger partial charge >= 0.3 is 0 Å². The van der Waals surface area contributed by atoms with Crippen molar-refractivity contribution in [1.29, 1.82) is 0 Å². The molecule has 0 spiro atoms. The lowest BCUT2D eigenvalue weighted by atomic mass is 10.1. The Balaban J connectivity index is 2.40. The Bertz CT molecular complexity index is 354. The number of hydrogen-bond donors (Lipinski definition) is 2. The molecular formula is C12H17FN2S. The Morgan fingerprint density at radius 1 is 1.25 bits per heavy atom. The van der Waals surface area contributed by atoms with Crippen molar-refractivity contribution in [3.8, 4) is 0 Å². The molecule has 0 aromatic heterocycles. The van der Waals surface area contributed by atoms with Crippen LogP contribution >= 0.6 is 12.2 Å². The van der Waals surface area contributed by atoms with E-state index in [9.17, 15) is 4.39 Å². The highest BCUT2D eigenvalue weighted by molar-refractivity contribution is 7.80. The van der Waals surface area contributed by atoms with Crippen LogP contribution in [0.2, 0.25) is 0 Å². The molecule has 2 N–H and O–H groups in total. The third kappa shape index (κ3) is 5.07. The molecule has 0 aliphatic rings. The minimum absolute atomic E-state index is 0.0487. The average molecular weight is 240 g/mol. The van der Waals surface area contributed by atoms with Gasteiger partial charge in [-0.1, -0.05) is 12.1 Å². The van der Waals surface area contributed by atoms with Crippen LogP contribution in [0, 0.1) is 5.82 Å². The SMILES string of the molecule is CC(C)(C)NC(=S)NCc1ccc(F)cc1. The third-order valence-corrected chi connectivity index (χ3v) is 2.10. The van der Waals surface area contributed by atoms with E-state index in [0.717, 1.165) is 5.56 Å². The smallest absolute Gasteiger partial charge is 0.166 e. The van der Waals surface area contributed by atoms with Gasteiger partial charge < -0.3 is 10.6 Å². The molecular weight excluding hydrogens is 223 g/mol. The second kappa shape index (κ2) is 5.25. The predicted octanol–water partition coefficient (Wildman–Crippen LogP) is 2.59. The van der Waals surface area contributed by atoms with Gasteiger partial charge in [0.1, 0.15) is 5.82 Å². The van der Waals surface area contributed by atoms with Crippen molar-refractivity contribution in [1.82, 2.24) is 10.6 Å². The molecule has 0 amide bonds. The first-order chi connectivity index (χ1) is 7.37. The van der Waals surface area contributed by atoms with Crippen molar-refractivity contribution in [2.24, 2.45) is 0 Å². The first-order valence-corrected chi connectivity index (χ1v) is 5.58. The van der Waals surface area contributed by atoms with Crippen molar-refractivity contribution in [3.63, 3.8) is 0 Å². The molecule has 1 rings (SSSR count). The quantitative estimate of drug-likeness (QED) is 0.777. The number of benzene rings is 1. The molecule has 0 aliphatic carbocycles. The Kier molecular flexibility index (Phi) is 4.24. The Hall–Kier alpha value is -1.16. The third-order valence-electron chi connectivity index (χ3n) is 1.85. The van der Waals surface area contributed by atoms with E-state index in [4.69, 9.17) is 12.2 Å². The molecule has 0 atom stereocenters. The van der Waals surface area contributed by atoms with Crippen LogP contribution in [0.5, 0.6) is 0 Å². The molecule has 0 fully saturated rings. The van der Waals surface area contributed by atoms with Crippen molar-refractivity contribution in [3.05, 3.63) is 35.6 Å². The monoisotopic (exact) mass is 240 g/mol. The number of thiocarbonyl (C=S) groups is 1. The largest absolute Gasteiger partial charge is 0.359 e. The highest BCUT2D eigenvalue weighted by Gasteiger charge is 2.10. The summed E-state index contributed by atoms with van der Waals surface area (Å²) in [6.07, 6.45) is 0. The second-order valence-corrected chi connectivity index (χ2v) is 5.09. The molecule has 1 aromatic rings. The first kappa shape index (κ1) is 12.9. The van der Waals surface area contributed by atoms with Crippen molar-refractivity contribution < 1.29 is 4.39 Å². The standard InChI is InChI=1S/C12H17FN2S/c1-12(2,3)15-11(16)14-8-9-4-6-10(13)7-5-9/h4-7H,8H2,1-3H3,(H2,14,15,16). The molecule has 0 bridgehead atoms. The molecule has 0 radical (unpaired) electrons. The number of rotatable bonds is 2. The fourth-order valence-corrected chi connectivity index (χ4v) is 1.55. The van der Waals surface area contributed by atoms with Gasteiger partial charge in [0, 0.05) is 12.1 Å². The molecule has 16 heavy (non-hydrogen) atoms. The van der Waals surface area contributed by atoms with E-state index in [1.165, 1.54) is 12.1 Å². The van der Waals surface area contributed by atoms with Gasteiger partial charge in [-0.05, 0) is 50.7 Å². The van der Waals surface area contributed by atoms with Crippen LogP contribution in [0.15, 0.2) is 24.3 Å². The van der Waals surface area contributed by atoms with E-state index < -0.39 is 0 Å². The lowest BCUT2D eigenvalue weighted by molar-refractivity contribution is 0.506. The topological polar surface area (TPSA) is 24.1 Å². The van der Waals surface area contributed by atoms with Crippen LogP contribution in [0.4, 0.5) is 4.39 Å². The van der Waals surface area contributed by atoms with Crippen molar-refractivity contribution in [2.45, 2.75) is 32.9 Å². The molecule has 0 saturated heterocycles. The Morgan fingerprint density at radius 2 is 1.81 bits per heavy atom. The van der Waals surface area contributed by atoms with Gasteiger partial charge in [0.05, 0.1) is 0 Å². The summed E-state index contributed by atoms with van der Waals surface area (Å²) in [7, 11) is 0. The zero-order valence-corrected chi connectivity index (χ0v) is 10.6. The lowest BCUT2D eigenvalue weighted by Gasteiger charge is -2.23. The van der Waals surface area contributed by atoms with E-state index >= 15 is 0 Å². The van der Waals surface area contributed by atoms with Gasteiger partial charge in [0.2, 0.25) is 0 Å². The van der Waals surface area contributed by atoms with Gasteiger partial charge in [-0.3, -0.25) is 0 Å². The van der Waals surface area contributed by atoms with Crippen LogP contribution in [-0.4, -0.2) is 10.7 Å². The zero-order chi connectivity index (χ0) is 12.2. The minimum atomic E-state index is -0.223. The highest BCUT2D eigenvalue weighted by atomic mass is 32.1. The zero-order valence-electron chi connectivity index (χ0n) is 9.80. The fraction of sp³-hybridized carbons (Fsp3) is 0.417. The van der Waals surface area contributed by atoms with Gasteiger partial charge in [-0.15, -0.1) is 0 Å². The first-order valence-electron chi connectivity index (χ1n) is 5.17. The highest BCUT2D eigenvalue weighted by Crippen LogP contribution is 2.02. The van der Waals surface area contributed by atoms with Crippen LogP contribution in [0.3, 0.4) is 0 Å². The molecule has 88 valence electrons. The van der Waals surface area contributed by atoms with Gasteiger partial charge in [-0.2, -0.15) is 0 Å². The summed E-state index contributed by atoms with van der Waals surface area (Å²) >= 11 is 5.13. The normalized spacial score (nSPS) is 11.0. The van der Waals surface area contributed by atoms with Gasteiger partial charge in [-0.25, -0.2) is 4.39 Å². The maximum Gasteiger partial charge on any atom is 0.166 e. The summed E-state index contributed by atoms with van der Waals surface area (Å²) in [6, 6.07) is 6.36. The van der Waals surface area contributed by atoms with Crippen LogP contribution in [0.1, 0.15) is 26.3 Å². The summed E-state index contributed by atoms with van der Waals surface area (Å²) in [4.78, 5) is 0. The summed E-state index contributed by atoms with van der Waals surface area (Å²) in [5, 5.41) is 6.83. The number of hydrogen-bond acceptors (Lipinski definition) is 1. The maximum absolute atomic E-state index is 12.6. The van der Waals surface area contributed by atoms with Gasteiger partial charge in [0.15, 0.2) is 5.11 Å². The van der Waals surface area contributed by atoms with E-state index in [1.54, 1.807) is 12.1 Å². The number of nitrogens with one attached hydrogen (secondary N) is 2. The van der Waals surface area contributed by atoms with Gasteiger partial charge in [0.25, 0.3) is 0 Å². The van der Waals surface area contributed by atoms with Crippen LogP contribution in [-0.2, 0) is 6.54 Å². The molecule has 2 nitrogen and oxygen atoms in total. The maximum atomic E-state index is 12.6. The van der Waals surface area contributed by atoms with E-state index in [2.05, 4.69) is 10.6 Å². The summed E-state index contributed by atoms with van der Waals surface area (Å²) < 4.78 is 12.6. The molecule has 0 heterocycles. The Morgan fingerprint density at radius 3 is 2.31 bits per heavy atom. The van der Waals surface area contributed by atoms with E-state index in [-0.39, 0.29) is 11.4 Å². The lowest BCUT2D eigenvalue weighted by Crippen LogP contribution is -2.45. The number of halogens is 1. The van der Waals surface area contributed by atoms with E-state index in [0.29, 0.717) is 11.7 Å². The molecule has 0 unspecified atom stereocenters. The second-order valence-electron chi connectivity index (χ2n) is 4.68. The molecule has 0 aliphatic heterocycles. The van der Waals surface area contributed by atoms with E-state index in [1.807, 2.05) is 20.8 Å². The van der Waals surface area contributed by atoms with Crippen molar-refractivity contribution >= 4 is 17.3 Å². The Labute approximate surface area is 101 Å². The van der Waals surface area contributed by atoms with Crippen LogP contribution in [0.25, 0.3) is 0 Å². The summed E-state index contributed by atoms with van der Waals surface area (Å²) in [5.41, 5.74) is 0.951. The average Bonchev–Trinajstić information content (AvgIpc) is 2.14. The molecule has 1 aromatic carbocycles. The van der Waals surface area contributed by atoms with Crippen LogP contribution < -0.4 is 10.6 Å². The predicted molar refractivity (Wildman–Crippen MR) is 68.7 cm³/mol. The fourth-order valence-electron chi connectivity index (χ4n) is 1.17. The molecule has 0 saturated carbocycles. The summed E-state index contributed by atoms with van der Waals surface area (Å²) in [6.45, 7) is 6.72. The van der Waals surface area contributed by atoms with Crippen molar-refractivity contribution in [2.75, 3.05) is 0 Å². The minimum Gasteiger partial charge on any atom is -0.359 e. The molecule has 4 heteroatoms. The summed E-state index contributed by atoms with van der Waals surface area (Å²) in [5.74, 6) is -0.223.